The van der Waals surface area contributed by atoms with Crippen molar-refractivity contribution in [3.05, 3.63) is 158 Å². The molecule has 234 valence electrons. The maximum Gasteiger partial charge on any atom is 0.227 e. The Morgan fingerprint density at radius 2 is 0.960 bits per heavy atom. The number of hydrogen-bond donors (Lipinski definition) is 0. The summed E-state index contributed by atoms with van der Waals surface area (Å²) in [6.45, 7) is 0. The average molecular weight is 643 g/mol. The van der Waals surface area contributed by atoms with Gasteiger partial charge in [0.05, 0.1) is 0 Å². The van der Waals surface area contributed by atoms with Gasteiger partial charge in [-0.2, -0.15) is 0 Å². The fourth-order valence-electron chi connectivity index (χ4n) is 6.74. The third kappa shape index (κ3) is 4.73. The lowest BCUT2D eigenvalue weighted by Crippen LogP contribution is -2.00. The number of oxazole rings is 1. The van der Waals surface area contributed by atoms with Gasteiger partial charge in [0.1, 0.15) is 16.7 Å². The zero-order chi connectivity index (χ0) is 33.0. The number of aromatic nitrogens is 4. The van der Waals surface area contributed by atoms with Crippen molar-refractivity contribution in [1.29, 1.82) is 0 Å². The lowest BCUT2D eigenvalue weighted by atomic mass is 9.94. The zero-order valence-corrected chi connectivity index (χ0v) is 26.6. The Morgan fingerprint density at radius 1 is 0.360 bits per heavy atom. The van der Waals surface area contributed by atoms with Crippen molar-refractivity contribution in [3.63, 3.8) is 0 Å². The van der Waals surface area contributed by atoms with E-state index in [0.29, 0.717) is 23.4 Å². The Bertz CT molecular complexity index is 2800. The van der Waals surface area contributed by atoms with Crippen LogP contribution in [0.25, 0.3) is 101 Å². The maximum atomic E-state index is 6.69. The van der Waals surface area contributed by atoms with Crippen LogP contribution in [-0.2, 0) is 0 Å². The van der Waals surface area contributed by atoms with Gasteiger partial charge in [0.15, 0.2) is 23.1 Å². The summed E-state index contributed by atoms with van der Waals surface area (Å²) in [5.74, 6) is 2.43. The summed E-state index contributed by atoms with van der Waals surface area (Å²) < 4.78 is 12.9. The molecule has 3 aromatic heterocycles. The molecule has 0 spiro atoms. The molecule has 0 atom stereocenters. The minimum absolute atomic E-state index is 0.589. The number of hydrogen-bond acceptors (Lipinski definition) is 6. The summed E-state index contributed by atoms with van der Waals surface area (Å²) in [6.07, 6.45) is 0. The third-order valence-corrected chi connectivity index (χ3v) is 9.14. The van der Waals surface area contributed by atoms with Crippen molar-refractivity contribution >= 4 is 43.8 Å². The summed E-state index contributed by atoms with van der Waals surface area (Å²) in [5.41, 5.74) is 8.71. The molecular weight excluding hydrogens is 617 g/mol. The number of furan rings is 1. The van der Waals surface area contributed by atoms with E-state index in [1.807, 2.05) is 103 Å². The van der Waals surface area contributed by atoms with Crippen LogP contribution in [0, 0.1) is 0 Å². The van der Waals surface area contributed by atoms with E-state index >= 15 is 0 Å². The Morgan fingerprint density at radius 3 is 1.66 bits per heavy atom. The van der Waals surface area contributed by atoms with E-state index in [2.05, 4.69) is 54.6 Å². The van der Waals surface area contributed by atoms with Crippen LogP contribution in [0.3, 0.4) is 0 Å². The Balaban J connectivity index is 1.17. The summed E-state index contributed by atoms with van der Waals surface area (Å²) in [5, 5.41) is 4.16. The molecule has 0 fully saturated rings. The summed E-state index contributed by atoms with van der Waals surface area (Å²) in [4.78, 5) is 19.7. The minimum Gasteiger partial charge on any atom is -0.455 e. The summed E-state index contributed by atoms with van der Waals surface area (Å²) in [7, 11) is 0. The molecule has 0 amide bonds. The van der Waals surface area contributed by atoms with Gasteiger partial charge < -0.3 is 8.83 Å². The molecule has 3 heterocycles. The van der Waals surface area contributed by atoms with E-state index in [0.717, 1.165) is 77.2 Å². The van der Waals surface area contributed by atoms with Gasteiger partial charge in [0, 0.05) is 44.7 Å². The molecule has 0 aliphatic carbocycles. The van der Waals surface area contributed by atoms with Gasteiger partial charge in [-0.25, -0.2) is 19.9 Å². The molecule has 0 N–H and O–H groups in total. The quantitative estimate of drug-likeness (QED) is 0.186. The lowest BCUT2D eigenvalue weighted by Gasteiger charge is -2.12. The molecule has 6 nitrogen and oxygen atoms in total. The molecular formula is C44H26N4O2. The highest BCUT2D eigenvalue weighted by Crippen LogP contribution is 2.41. The third-order valence-electron chi connectivity index (χ3n) is 9.14. The molecule has 10 rings (SSSR count). The monoisotopic (exact) mass is 642 g/mol. The molecule has 50 heavy (non-hydrogen) atoms. The van der Waals surface area contributed by atoms with Crippen LogP contribution in [0.1, 0.15) is 0 Å². The van der Waals surface area contributed by atoms with Crippen LogP contribution in [0.15, 0.2) is 167 Å². The highest BCUT2D eigenvalue weighted by Gasteiger charge is 2.19. The molecule has 0 unspecified atom stereocenters. The summed E-state index contributed by atoms with van der Waals surface area (Å²) in [6, 6.07) is 53.0. The first-order chi connectivity index (χ1) is 24.7. The molecule has 7 aromatic carbocycles. The van der Waals surface area contributed by atoms with Crippen molar-refractivity contribution in [1.82, 2.24) is 19.9 Å². The fraction of sp³-hybridized carbons (Fsp3) is 0. The van der Waals surface area contributed by atoms with Crippen LogP contribution < -0.4 is 0 Å². The van der Waals surface area contributed by atoms with Crippen LogP contribution in [0.2, 0.25) is 0 Å². The molecule has 0 saturated carbocycles. The first kappa shape index (κ1) is 28.1. The Hall–Kier alpha value is -6.92. The summed E-state index contributed by atoms with van der Waals surface area (Å²) >= 11 is 0. The van der Waals surface area contributed by atoms with Crippen LogP contribution in [-0.4, -0.2) is 19.9 Å². The molecule has 0 bridgehead atoms. The van der Waals surface area contributed by atoms with Crippen LogP contribution >= 0.6 is 0 Å². The van der Waals surface area contributed by atoms with E-state index in [4.69, 9.17) is 28.8 Å². The number of para-hydroxylation sites is 1. The Labute approximate surface area is 286 Å². The van der Waals surface area contributed by atoms with Gasteiger partial charge in [-0.15, -0.1) is 0 Å². The predicted octanol–water partition coefficient (Wildman–Crippen LogP) is 11.4. The number of fused-ring (bicyclic) bond motifs is 5. The maximum absolute atomic E-state index is 6.69. The molecule has 0 radical (unpaired) electrons. The van der Waals surface area contributed by atoms with E-state index in [1.165, 1.54) is 0 Å². The molecule has 6 heteroatoms. The topological polar surface area (TPSA) is 77.8 Å². The largest absolute Gasteiger partial charge is 0.455 e. The smallest absolute Gasteiger partial charge is 0.227 e. The normalized spacial score (nSPS) is 11.6. The van der Waals surface area contributed by atoms with Crippen LogP contribution in [0.5, 0.6) is 0 Å². The number of benzene rings is 7. The highest BCUT2D eigenvalue weighted by molar-refractivity contribution is 6.14. The van der Waals surface area contributed by atoms with Gasteiger partial charge in [0.2, 0.25) is 5.89 Å². The fourth-order valence-corrected chi connectivity index (χ4v) is 6.74. The molecule has 0 aliphatic rings. The SMILES string of the molecule is c1ccc(-c2nc(-c3ccccc3)nc(-c3cc(-c4cccc5c4oc4cc6nc(-c7ccccc7)oc6cc45)c4ccccc4c3)n2)cc1. The van der Waals surface area contributed by atoms with E-state index in [1.54, 1.807) is 0 Å². The second-order valence-electron chi connectivity index (χ2n) is 12.3. The van der Waals surface area contributed by atoms with Gasteiger partial charge in [0.25, 0.3) is 0 Å². The highest BCUT2D eigenvalue weighted by atomic mass is 16.4. The van der Waals surface area contributed by atoms with E-state index in [9.17, 15) is 0 Å². The Kier molecular flexibility index (Phi) is 6.39. The van der Waals surface area contributed by atoms with Crippen molar-refractivity contribution < 1.29 is 8.83 Å². The van der Waals surface area contributed by atoms with Crippen molar-refractivity contribution in [3.8, 4) is 56.7 Å². The average Bonchev–Trinajstić information content (AvgIpc) is 3.78. The van der Waals surface area contributed by atoms with Crippen LogP contribution in [0.4, 0.5) is 0 Å². The first-order valence-corrected chi connectivity index (χ1v) is 16.5. The first-order valence-electron chi connectivity index (χ1n) is 16.5. The second kappa shape index (κ2) is 11.4. The molecule has 0 saturated heterocycles. The van der Waals surface area contributed by atoms with Gasteiger partial charge in [-0.1, -0.05) is 121 Å². The van der Waals surface area contributed by atoms with Gasteiger partial charge in [-0.3, -0.25) is 0 Å². The zero-order valence-electron chi connectivity index (χ0n) is 26.6. The van der Waals surface area contributed by atoms with Gasteiger partial charge >= 0.3 is 0 Å². The standard InChI is InChI=1S/C44H26N4O2/c1-4-13-27(14-5-1)41-46-42(28-15-6-2-7-16-28)48-43(47-41)31-23-30-19-10-11-20-32(30)35(24-31)33-21-12-22-34-36-25-39-37(26-38(36)49-40(33)34)45-44(50-39)29-17-8-3-9-18-29/h1-26H. The van der Waals surface area contributed by atoms with Crippen molar-refractivity contribution in [2.75, 3.05) is 0 Å². The van der Waals surface area contributed by atoms with Gasteiger partial charge in [-0.05, 0) is 46.7 Å². The minimum atomic E-state index is 0.589. The van der Waals surface area contributed by atoms with Crippen molar-refractivity contribution in [2.24, 2.45) is 0 Å². The molecule has 10 aromatic rings. The molecule has 0 aliphatic heterocycles. The second-order valence-corrected chi connectivity index (χ2v) is 12.3. The van der Waals surface area contributed by atoms with E-state index in [-0.39, 0.29) is 0 Å². The predicted molar refractivity (Wildman–Crippen MR) is 199 cm³/mol. The van der Waals surface area contributed by atoms with Crippen molar-refractivity contribution in [2.45, 2.75) is 0 Å². The number of nitrogens with zero attached hydrogens (tertiary/aromatic N) is 4. The lowest BCUT2D eigenvalue weighted by molar-refractivity contribution is 0.620. The van der Waals surface area contributed by atoms with E-state index < -0.39 is 0 Å². The number of rotatable bonds is 5.